The fraction of sp³-hybridized carbons (Fsp3) is 0.600. The van der Waals surface area contributed by atoms with Crippen molar-refractivity contribution < 1.29 is 8.42 Å². The molecule has 0 amide bonds. The lowest BCUT2D eigenvalue weighted by molar-refractivity contribution is 0.319. The van der Waals surface area contributed by atoms with Crippen molar-refractivity contribution in [3.8, 4) is 0 Å². The predicted octanol–water partition coefficient (Wildman–Crippen LogP) is 1.35. The fourth-order valence-electron chi connectivity index (χ4n) is 3.36. The van der Waals surface area contributed by atoms with Crippen LogP contribution in [0.15, 0.2) is 18.6 Å². The van der Waals surface area contributed by atoms with E-state index in [1.54, 1.807) is 17.7 Å². The van der Waals surface area contributed by atoms with Crippen LogP contribution in [-0.4, -0.2) is 59.1 Å². The molecule has 1 unspecified atom stereocenters. The lowest BCUT2D eigenvalue weighted by Gasteiger charge is -2.37. The lowest BCUT2D eigenvalue weighted by Crippen LogP contribution is -2.49. The van der Waals surface area contributed by atoms with Gasteiger partial charge in [-0.1, -0.05) is 0 Å². The summed E-state index contributed by atoms with van der Waals surface area (Å²) in [6.07, 6.45) is 6.89. The normalized spacial score (nSPS) is 22.9. The van der Waals surface area contributed by atoms with E-state index in [1.807, 2.05) is 12.3 Å². The molecule has 0 bridgehead atoms. The van der Waals surface area contributed by atoms with E-state index >= 15 is 0 Å². The highest BCUT2D eigenvalue weighted by molar-refractivity contribution is 7.90. The lowest BCUT2D eigenvalue weighted by atomic mass is 10.1. The molecule has 1 saturated heterocycles. The van der Waals surface area contributed by atoms with E-state index in [-0.39, 0.29) is 11.3 Å². The minimum atomic E-state index is -3.13. The first-order valence-electron chi connectivity index (χ1n) is 8.07. The summed E-state index contributed by atoms with van der Waals surface area (Å²) in [7, 11) is -1.41. The highest BCUT2D eigenvalue weighted by atomic mass is 32.2. The molecule has 2 fully saturated rings. The number of aromatic nitrogens is 3. The van der Waals surface area contributed by atoms with Crippen molar-refractivity contribution in [1.82, 2.24) is 19.3 Å². The second kappa shape index (κ2) is 5.45. The Morgan fingerprint density at radius 2 is 2.13 bits per heavy atom. The number of likely N-dealkylation sites (N-methyl/N-ethyl adjacent to an activating group) is 1. The van der Waals surface area contributed by atoms with Crippen LogP contribution >= 0.6 is 0 Å². The third-order valence-corrected chi connectivity index (χ3v) is 7.31. The number of piperidine rings is 1. The largest absolute Gasteiger partial charge is 0.354 e. The van der Waals surface area contributed by atoms with Crippen LogP contribution in [0.25, 0.3) is 11.0 Å². The molecule has 2 aromatic heterocycles. The van der Waals surface area contributed by atoms with Crippen molar-refractivity contribution in [2.45, 2.75) is 37.0 Å². The van der Waals surface area contributed by atoms with Crippen LogP contribution in [-0.2, 0) is 10.0 Å². The van der Waals surface area contributed by atoms with Gasteiger partial charge in [-0.2, -0.15) is 4.31 Å². The Bertz CT molecular complexity index is 814. The first-order chi connectivity index (χ1) is 11.1. The van der Waals surface area contributed by atoms with Gasteiger partial charge in [0.25, 0.3) is 0 Å². The molecule has 23 heavy (non-hydrogen) atoms. The van der Waals surface area contributed by atoms with Crippen molar-refractivity contribution in [1.29, 1.82) is 0 Å². The monoisotopic (exact) mass is 335 g/mol. The van der Waals surface area contributed by atoms with E-state index in [9.17, 15) is 8.42 Å². The molecule has 2 aromatic rings. The molecule has 4 rings (SSSR count). The van der Waals surface area contributed by atoms with Crippen LogP contribution in [0.1, 0.15) is 25.7 Å². The summed E-state index contributed by atoms with van der Waals surface area (Å²) < 4.78 is 26.6. The minimum Gasteiger partial charge on any atom is -0.354 e. The standard InChI is InChI=1S/C15H21N5O2S/c1-19(23(21,22)12-4-5-12)11-3-2-8-20(9-11)15-13-6-7-16-14(13)17-10-18-15/h6-7,10-12H,2-5,8-9H2,1H3,(H,16,17,18). The second-order valence-corrected chi connectivity index (χ2v) is 8.71. The molecular formula is C15H21N5O2S. The quantitative estimate of drug-likeness (QED) is 0.912. The van der Waals surface area contributed by atoms with Crippen molar-refractivity contribution in [3.63, 3.8) is 0 Å². The molecule has 1 N–H and O–H groups in total. The maximum atomic E-state index is 12.5. The summed E-state index contributed by atoms with van der Waals surface area (Å²) in [5.74, 6) is 0.887. The summed E-state index contributed by atoms with van der Waals surface area (Å²) >= 11 is 0. The molecule has 0 aromatic carbocycles. The zero-order valence-corrected chi connectivity index (χ0v) is 14.0. The maximum absolute atomic E-state index is 12.5. The van der Waals surface area contributed by atoms with E-state index in [4.69, 9.17) is 0 Å². The Balaban J connectivity index is 1.58. The van der Waals surface area contributed by atoms with Crippen LogP contribution in [0.2, 0.25) is 0 Å². The molecule has 8 heteroatoms. The van der Waals surface area contributed by atoms with Gasteiger partial charge >= 0.3 is 0 Å². The highest BCUT2D eigenvalue weighted by Gasteiger charge is 2.41. The van der Waals surface area contributed by atoms with Gasteiger partial charge in [0.2, 0.25) is 10.0 Å². The van der Waals surface area contributed by atoms with Gasteiger partial charge in [-0.3, -0.25) is 0 Å². The molecule has 1 saturated carbocycles. The third kappa shape index (κ3) is 2.59. The van der Waals surface area contributed by atoms with Crippen LogP contribution in [0.4, 0.5) is 5.82 Å². The van der Waals surface area contributed by atoms with E-state index in [0.717, 1.165) is 49.1 Å². The predicted molar refractivity (Wildman–Crippen MR) is 88.8 cm³/mol. The zero-order valence-electron chi connectivity index (χ0n) is 13.1. The number of anilines is 1. The van der Waals surface area contributed by atoms with Gasteiger partial charge in [-0.25, -0.2) is 18.4 Å². The highest BCUT2D eigenvalue weighted by Crippen LogP contribution is 2.33. The van der Waals surface area contributed by atoms with Gasteiger partial charge in [0.05, 0.1) is 10.6 Å². The summed E-state index contributed by atoms with van der Waals surface area (Å²) in [5.41, 5.74) is 0.816. The van der Waals surface area contributed by atoms with E-state index in [2.05, 4.69) is 19.9 Å². The Labute approximate surface area is 135 Å². The van der Waals surface area contributed by atoms with E-state index in [0.29, 0.717) is 6.54 Å². The molecule has 1 aliphatic carbocycles. The fourth-order valence-corrected chi connectivity index (χ4v) is 5.15. The smallest absolute Gasteiger partial charge is 0.217 e. The van der Waals surface area contributed by atoms with Crippen LogP contribution in [0, 0.1) is 0 Å². The van der Waals surface area contributed by atoms with E-state index in [1.165, 1.54) is 0 Å². The third-order valence-electron chi connectivity index (χ3n) is 4.89. The molecule has 2 aliphatic rings. The number of nitrogens with zero attached hydrogens (tertiary/aromatic N) is 4. The summed E-state index contributed by atoms with van der Waals surface area (Å²) in [4.78, 5) is 13.9. The molecule has 0 radical (unpaired) electrons. The average Bonchev–Trinajstić information content (AvgIpc) is 3.32. The van der Waals surface area contributed by atoms with Crippen LogP contribution < -0.4 is 4.90 Å². The number of hydrogen-bond donors (Lipinski definition) is 1. The molecule has 3 heterocycles. The van der Waals surface area contributed by atoms with Gasteiger partial charge in [0.15, 0.2) is 0 Å². The van der Waals surface area contributed by atoms with Gasteiger partial charge < -0.3 is 9.88 Å². The minimum absolute atomic E-state index is 0.0123. The Morgan fingerprint density at radius 3 is 2.91 bits per heavy atom. The Hall–Kier alpha value is -1.67. The number of aromatic amines is 1. The molecule has 1 atom stereocenters. The van der Waals surface area contributed by atoms with Crippen molar-refractivity contribution in [3.05, 3.63) is 18.6 Å². The molecule has 1 aliphatic heterocycles. The molecule has 124 valence electrons. The van der Waals surface area contributed by atoms with E-state index < -0.39 is 10.0 Å². The number of hydrogen-bond acceptors (Lipinski definition) is 5. The summed E-state index contributed by atoms with van der Waals surface area (Å²) in [6, 6.07) is 1.98. The van der Waals surface area contributed by atoms with Gasteiger partial charge in [0, 0.05) is 32.4 Å². The number of rotatable bonds is 4. The van der Waals surface area contributed by atoms with Gasteiger partial charge in [-0.15, -0.1) is 0 Å². The Kier molecular flexibility index (Phi) is 3.53. The SMILES string of the molecule is CN(C1CCCN(c2ncnc3[nH]ccc23)C1)S(=O)(=O)C1CC1. The van der Waals surface area contributed by atoms with Crippen molar-refractivity contribution in [2.24, 2.45) is 0 Å². The first-order valence-corrected chi connectivity index (χ1v) is 9.57. The van der Waals surface area contributed by atoms with Gasteiger partial charge in [0.1, 0.15) is 17.8 Å². The molecular weight excluding hydrogens is 314 g/mol. The van der Waals surface area contributed by atoms with Gasteiger partial charge in [-0.05, 0) is 31.7 Å². The topological polar surface area (TPSA) is 82.2 Å². The summed E-state index contributed by atoms with van der Waals surface area (Å²) in [6.45, 7) is 1.57. The second-order valence-electron chi connectivity index (χ2n) is 6.44. The number of fused-ring (bicyclic) bond motifs is 1. The van der Waals surface area contributed by atoms with Crippen LogP contribution in [0.5, 0.6) is 0 Å². The number of sulfonamides is 1. The number of H-pyrrole nitrogens is 1. The average molecular weight is 335 g/mol. The van der Waals surface area contributed by atoms with Crippen LogP contribution in [0.3, 0.4) is 0 Å². The van der Waals surface area contributed by atoms with Crippen molar-refractivity contribution in [2.75, 3.05) is 25.0 Å². The molecule has 7 nitrogen and oxygen atoms in total. The molecule has 0 spiro atoms. The number of nitrogens with one attached hydrogen (secondary N) is 1. The maximum Gasteiger partial charge on any atom is 0.217 e. The van der Waals surface area contributed by atoms with Crippen molar-refractivity contribution >= 4 is 26.9 Å². The Morgan fingerprint density at radius 1 is 1.30 bits per heavy atom. The first kappa shape index (κ1) is 14.9. The summed E-state index contributed by atoms with van der Waals surface area (Å²) in [5, 5.41) is 0.833. The zero-order chi connectivity index (χ0) is 16.0.